The molecular weight excluding hydrogens is 517 g/mol. The molecule has 0 unspecified atom stereocenters. The Morgan fingerprint density at radius 1 is 0.974 bits per heavy atom. The molecule has 0 heterocycles. The Morgan fingerprint density at radius 3 is 2.13 bits per heavy atom. The fraction of sp³-hybridized carbons (Fsp3) is 0.875. The fourth-order valence-electron chi connectivity index (χ4n) is 5.23. The standard InChI is InChI=1S/C32H64O3Si3/c1-13-15-17-19-28(34-37(9,10)24-16-14-2)21-22-30-29(20-18-23-36(6,7)8)27(26-33)25-31(30)35-38(11,12)32(3,4)5/h21-22,27-31,33H,13-17,19-20,24-26H2,1-12H3/b22-21+/t27-,28-,29+,30+,31+/m0/s1. The minimum absolute atomic E-state index is 0.143. The van der Waals surface area contributed by atoms with Gasteiger partial charge >= 0.3 is 0 Å². The van der Waals surface area contributed by atoms with E-state index >= 15 is 0 Å². The van der Waals surface area contributed by atoms with Gasteiger partial charge in [0, 0.05) is 18.9 Å². The van der Waals surface area contributed by atoms with Gasteiger partial charge < -0.3 is 14.0 Å². The number of hydrogen-bond acceptors (Lipinski definition) is 3. The predicted octanol–water partition coefficient (Wildman–Crippen LogP) is 9.42. The van der Waals surface area contributed by atoms with Gasteiger partial charge in [-0.15, -0.1) is 11.5 Å². The van der Waals surface area contributed by atoms with Crippen LogP contribution in [0.4, 0.5) is 0 Å². The third-order valence-electron chi connectivity index (χ3n) is 8.60. The molecule has 38 heavy (non-hydrogen) atoms. The van der Waals surface area contributed by atoms with Crippen LogP contribution in [0.1, 0.15) is 86.0 Å². The first-order valence-corrected chi connectivity index (χ1v) is 25.1. The zero-order valence-corrected chi connectivity index (χ0v) is 30.4. The summed E-state index contributed by atoms with van der Waals surface area (Å²) in [5.41, 5.74) is 3.58. The van der Waals surface area contributed by atoms with Crippen molar-refractivity contribution in [2.75, 3.05) is 6.61 Å². The molecule has 1 rings (SSSR count). The third kappa shape index (κ3) is 12.6. The summed E-state index contributed by atoms with van der Waals surface area (Å²) >= 11 is 0. The Bertz CT molecular complexity index is 768. The van der Waals surface area contributed by atoms with E-state index in [4.69, 9.17) is 8.85 Å². The minimum Gasteiger partial charge on any atom is -0.413 e. The van der Waals surface area contributed by atoms with Gasteiger partial charge in [0.2, 0.25) is 0 Å². The number of rotatable bonds is 15. The van der Waals surface area contributed by atoms with Crippen LogP contribution in [0.25, 0.3) is 0 Å². The van der Waals surface area contributed by atoms with Crippen LogP contribution in [-0.2, 0) is 8.85 Å². The van der Waals surface area contributed by atoms with Crippen molar-refractivity contribution < 1.29 is 14.0 Å². The molecule has 0 aromatic carbocycles. The Morgan fingerprint density at radius 2 is 1.61 bits per heavy atom. The first kappa shape index (κ1) is 35.9. The molecule has 5 atom stereocenters. The summed E-state index contributed by atoms with van der Waals surface area (Å²) in [5.74, 6) is 4.41. The van der Waals surface area contributed by atoms with Crippen molar-refractivity contribution in [3.05, 3.63) is 12.2 Å². The van der Waals surface area contributed by atoms with E-state index in [1.807, 2.05) is 0 Å². The van der Waals surface area contributed by atoms with Crippen molar-refractivity contribution in [2.24, 2.45) is 17.8 Å². The van der Waals surface area contributed by atoms with E-state index in [0.29, 0.717) is 5.92 Å². The van der Waals surface area contributed by atoms with Crippen LogP contribution in [0.15, 0.2) is 12.2 Å². The highest BCUT2D eigenvalue weighted by atomic mass is 28.4. The zero-order chi connectivity index (χ0) is 29.2. The molecule has 1 saturated carbocycles. The molecule has 0 radical (unpaired) electrons. The van der Waals surface area contributed by atoms with Crippen LogP contribution in [0.5, 0.6) is 0 Å². The average molecular weight is 581 g/mol. The van der Waals surface area contributed by atoms with Gasteiger partial charge in [-0.1, -0.05) is 98.5 Å². The van der Waals surface area contributed by atoms with E-state index in [9.17, 15) is 5.11 Å². The van der Waals surface area contributed by atoms with Gasteiger partial charge in [0.05, 0.1) is 12.2 Å². The van der Waals surface area contributed by atoms with Crippen molar-refractivity contribution in [1.82, 2.24) is 0 Å². The minimum atomic E-state index is -1.95. The topological polar surface area (TPSA) is 38.7 Å². The first-order chi connectivity index (χ1) is 17.5. The lowest BCUT2D eigenvalue weighted by Crippen LogP contribution is -2.45. The Kier molecular flexibility index (Phi) is 14.8. The molecule has 0 aliphatic heterocycles. The lowest BCUT2D eigenvalue weighted by molar-refractivity contribution is 0.147. The molecule has 0 aromatic heterocycles. The second kappa shape index (κ2) is 15.7. The first-order valence-electron chi connectivity index (χ1n) is 15.6. The highest BCUT2D eigenvalue weighted by Crippen LogP contribution is 2.46. The molecule has 0 bridgehead atoms. The summed E-state index contributed by atoms with van der Waals surface area (Å²) in [7, 11) is -5.10. The van der Waals surface area contributed by atoms with Crippen molar-refractivity contribution in [3.8, 4) is 11.5 Å². The summed E-state index contributed by atoms with van der Waals surface area (Å²) in [6.07, 6.45) is 14.2. The van der Waals surface area contributed by atoms with E-state index in [2.05, 4.69) is 104 Å². The molecule has 3 nitrogen and oxygen atoms in total. The molecular formula is C32H64O3Si3. The lowest BCUT2D eigenvalue weighted by Gasteiger charge is -2.40. The second-order valence-corrected chi connectivity index (χ2v) is 28.8. The van der Waals surface area contributed by atoms with Crippen molar-refractivity contribution in [2.45, 2.75) is 155 Å². The van der Waals surface area contributed by atoms with Gasteiger partial charge in [-0.3, -0.25) is 0 Å². The van der Waals surface area contributed by atoms with Gasteiger partial charge in [0.1, 0.15) is 8.07 Å². The normalized spacial score (nSPS) is 24.0. The molecule has 1 aliphatic rings. The average Bonchev–Trinajstić information content (AvgIpc) is 3.09. The molecule has 1 aliphatic carbocycles. The van der Waals surface area contributed by atoms with Crippen molar-refractivity contribution in [1.29, 1.82) is 0 Å². The number of aliphatic hydroxyl groups excluding tert-OH is 1. The highest BCUT2D eigenvalue weighted by Gasteiger charge is 2.47. The molecule has 0 amide bonds. The van der Waals surface area contributed by atoms with E-state index in [1.165, 1.54) is 38.1 Å². The predicted molar refractivity (Wildman–Crippen MR) is 175 cm³/mol. The molecule has 1 fully saturated rings. The van der Waals surface area contributed by atoms with Crippen LogP contribution < -0.4 is 0 Å². The van der Waals surface area contributed by atoms with E-state index in [1.54, 1.807) is 0 Å². The van der Waals surface area contributed by atoms with Gasteiger partial charge in [-0.25, -0.2) is 0 Å². The van der Waals surface area contributed by atoms with Gasteiger partial charge in [0.25, 0.3) is 0 Å². The summed E-state index contributed by atoms with van der Waals surface area (Å²) in [4.78, 5) is 0. The smallest absolute Gasteiger partial charge is 0.192 e. The second-order valence-electron chi connectivity index (χ2n) is 15.0. The van der Waals surface area contributed by atoms with Crippen LogP contribution in [0.3, 0.4) is 0 Å². The maximum atomic E-state index is 10.4. The highest BCUT2D eigenvalue weighted by molar-refractivity contribution is 6.83. The largest absolute Gasteiger partial charge is 0.413 e. The monoisotopic (exact) mass is 580 g/mol. The molecule has 222 valence electrons. The summed E-state index contributed by atoms with van der Waals surface area (Å²) in [6, 6.07) is 1.23. The third-order valence-corrected chi connectivity index (χ3v) is 16.5. The Balaban J connectivity index is 3.33. The van der Waals surface area contributed by atoms with Gasteiger partial charge in [-0.2, -0.15) is 0 Å². The number of hydrogen-bond donors (Lipinski definition) is 1. The van der Waals surface area contributed by atoms with E-state index in [0.717, 1.165) is 19.3 Å². The van der Waals surface area contributed by atoms with Crippen LogP contribution in [0.2, 0.25) is 56.9 Å². The molecule has 0 aromatic rings. The van der Waals surface area contributed by atoms with Crippen molar-refractivity contribution in [3.63, 3.8) is 0 Å². The fourth-order valence-corrected chi connectivity index (χ4v) is 9.56. The van der Waals surface area contributed by atoms with Crippen LogP contribution >= 0.6 is 0 Å². The molecule has 0 saturated heterocycles. The van der Waals surface area contributed by atoms with Crippen LogP contribution in [0, 0.1) is 29.2 Å². The Hall–Kier alpha value is -0.169. The number of unbranched alkanes of at least 4 members (excludes halogenated alkanes) is 3. The summed E-state index contributed by atoms with van der Waals surface area (Å²) in [5, 5.41) is 10.6. The van der Waals surface area contributed by atoms with Crippen LogP contribution in [-0.4, -0.2) is 48.6 Å². The maximum Gasteiger partial charge on any atom is 0.192 e. The number of aliphatic hydroxyl groups is 1. The maximum absolute atomic E-state index is 10.4. The van der Waals surface area contributed by atoms with E-state index < -0.39 is 24.7 Å². The zero-order valence-electron chi connectivity index (χ0n) is 27.4. The summed E-state index contributed by atoms with van der Waals surface area (Å²) in [6.45, 7) is 28.1. The SMILES string of the molecule is CCCCC[C@@H](/C=C/[C@@H]1[C@H](CC#C[Si](C)(C)C)[C@H](CO)C[C@H]1O[Si](C)(C)C(C)(C)C)O[Si](C)(C)CCCC. The van der Waals surface area contributed by atoms with Crippen molar-refractivity contribution >= 4 is 24.7 Å². The Labute approximate surface area is 241 Å². The quantitative estimate of drug-likeness (QED) is 0.0907. The van der Waals surface area contributed by atoms with Gasteiger partial charge in [0.15, 0.2) is 16.6 Å². The summed E-state index contributed by atoms with van der Waals surface area (Å²) < 4.78 is 14.0. The molecule has 0 spiro atoms. The molecule has 6 heteroatoms. The lowest BCUT2D eigenvalue weighted by atomic mass is 9.86. The van der Waals surface area contributed by atoms with Gasteiger partial charge in [-0.05, 0) is 61.9 Å². The van der Waals surface area contributed by atoms with E-state index in [-0.39, 0.29) is 35.7 Å². The molecule has 1 N–H and O–H groups in total.